The van der Waals surface area contributed by atoms with Crippen molar-refractivity contribution < 1.29 is 19.1 Å². The number of ketones is 1. The molecule has 1 N–H and O–H groups in total. The van der Waals surface area contributed by atoms with Crippen LogP contribution in [-0.4, -0.2) is 30.0 Å². The normalized spacial score (nSPS) is 10.7. The van der Waals surface area contributed by atoms with Crippen LogP contribution in [0.1, 0.15) is 34.8 Å². The first-order chi connectivity index (χ1) is 13.1. The van der Waals surface area contributed by atoms with Gasteiger partial charge in [0.05, 0.1) is 13.0 Å². The lowest BCUT2D eigenvalue weighted by Gasteiger charge is -2.07. The summed E-state index contributed by atoms with van der Waals surface area (Å²) in [7, 11) is 0. The molecule has 0 aliphatic rings. The highest BCUT2D eigenvalue weighted by Crippen LogP contribution is 2.22. The summed E-state index contributed by atoms with van der Waals surface area (Å²) in [6.45, 7) is 4.00. The third-order valence-electron chi connectivity index (χ3n) is 4.44. The number of carbonyl (C=O) groups is 2. The molecule has 1 heterocycles. The van der Waals surface area contributed by atoms with E-state index in [1.807, 2.05) is 49.4 Å². The molecule has 0 atom stereocenters. The molecule has 0 radical (unpaired) electrons. The molecule has 0 saturated carbocycles. The summed E-state index contributed by atoms with van der Waals surface area (Å²) >= 11 is 0. The Kier molecular flexibility index (Phi) is 5.91. The van der Waals surface area contributed by atoms with Crippen LogP contribution in [-0.2, 0) is 16.0 Å². The van der Waals surface area contributed by atoms with Crippen LogP contribution in [0, 0.1) is 6.92 Å². The zero-order valence-corrected chi connectivity index (χ0v) is 15.6. The van der Waals surface area contributed by atoms with Gasteiger partial charge in [0.2, 0.25) is 5.78 Å². The van der Waals surface area contributed by atoms with E-state index in [9.17, 15) is 9.59 Å². The van der Waals surface area contributed by atoms with Gasteiger partial charge in [-0.1, -0.05) is 42.8 Å². The van der Waals surface area contributed by atoms with Gasteiger partial charge < -0.3 is 14.5 Å². The summed E-state index contributed by atoms with van der Waals surface area (Å²) < 4.78 is 10.6. The lowest BCUT2D eigenvalue weighted by atomic mass is 10.1. The first-order valence-electron chi connectivity index (χ1n) is 9.05. The van der Waals surface area contributed by atoms with Crippen molar-refractivity contribution in [3.05, 3.63) is 65.4 Å². The molecule has 3 aromatic rings. The molecule has 0 spiro atoms. The summed E-state index contributed by atoms with van der Waals surface area (Å²) in [4.78, 5) is 27.4. The van der Waals surface area contributed by atoms with Crippen molar-refractivity contribution in [1.82, 2.24) is 4.98 Å². The Hall–Kier alpha value is -3.08. The smallest absolute Gasteiger partial charge is 0.309 e. The number of aromatic amines is 1. The Morgan fingerprint density at radius 3 is 2.59 bits per heavy atom. The van der Waals surface area contributed by atoms with Gasteiger partial charge in [0, 0.05) is 22.7 Å². The number of benzene rings is 2. The highest BCUT2D eigenvalue weighted by atomic mass is 16.5. The zero-order valence-electron chi connectivity index (χ0n) is 15.6. The van der Waals surface area contributed by atoms with Gasteiger partial charge in [-0.2, -0.15) is 0 Å². The van der Waals surface area contributed by atoms with Crippen LogP contribution in [0.15, 0.2) is 48.7 Å². The SMILES string of the molecule is CCc1cccc2c(C(=O)COC(=O)CCOc3ccc(C)cc3)c[nH]c12. The number of esters is 1. The van der Waals surface area contributed by atoms with Gasteiger partial charge in [0.15, 0.2) is 6.61 Å². The van der Waals surface area contributed by atoms with Crippen LogP contribution in [0.2, 0.25) is 0 Å². The molecular formula is C22H23NO4. The van der Waals surface area contributed by atoms with Crippen molar-refractivity contribution >= 4 is 22.7 Å². The Balaban J connectivity index is 1.50. The van der Waals surface area contributed by atoms with Crippen molar-refractivity contribution in [2.75, 3.05) is 13.2 Å². The van der Waals surface area contributed by atoms with Crippen LogP contribution < -0.4 is 4.74 Å². The van der Waals surface area contributed by atoms with Crippen LogP contribution in [0.5, 0.6) is 5.75 Å². The Morgan fingerprint density at radius 1 is 1.07 bits per heavy atom. The number of ether oxygens (including phenoxy) is 2. The third kappa shape index (κ3) is 4.56. The van der Waals surface area contributed by atoms with E-state index >= 15 is 0 Å². The van der Waals surface area contributed by atoms with Gasteiger partial charge in [-0.3, -0.25) is 9.59 Å². The zero-order chi connectivity index (χ0) is 19.2. The van der Waals surface area contributed by atoms with E-state index in [1.54, 1.807) is 6.20 Å². The minimum Gasteiger partial charge on any atom is -0.493 e. The monoisotopic (exact) mass is 365 g/mol. The molecule has 0 bridgehead atoms. The number of fused-ring (bicyclic) bond motifs is 1. The Bertz CT molecular complexity index is 941. The van der Waals surface area contributed by atoms with E-state index in [0.29, 0.717) is 11.3 Å². The van der Waals surface area contributed by atoms with Crippen LogP contribution in [0.3, 0.4) is 0 Å². The second kappa shape index (κ2) is 8.54. The number of para-hydroxylation sites is 1. The molecule has 2 aromatic carbocycles. The van der Waals surface area contributed by atoms with Crippen LogP contribution in [0.4, 0.5) is 0 Å². The summed E-state index contributed by atoms with van der Waals surface area (Å²) in [6, 6.07) is 13.4. The fraction of sp³-hybridized carbons (Fsp3) is 0.273. The second-order valence-corrected chi connectivity index (χ2v) is 6.39. The van der Waals surface area contributed by atoms with Crippen molar-refractivity contribution in [2.24, 2.45) is 0 Å². The van der Waals surface area contributed by atoms with Gasteiger partial charge in [0.25, 0.3) is 0 Å². The molecule has 0 fully saturated rings. The van der Waals surface area contributed by atoms with E-state index < -0.39 is 5.97 Å². The number of aromatic nitrogens is 1. The summed E-state index contributed by atoms with van der Waals surface area (Å²) in [6.07, 6.45) is 2.65. The molecule has 0 unspecified atom stereocenters. The van der Waals surface area contributed by atoms with Gasteiger partial charge in [-0.05, 0) is 31.0 Å². The van der Waals surface area contributed by atoms with Gasteiger partial charge in [-0.25, -0.2) is 0 Å². The number of H-pyrrole nitrogens is 1. The van der Waals surface area contributed by atoms with Crippen LogP contribution >= 0.6 is 0 Å². The van der Waals surface area contributed by atoms with Crippen molar-refractivity contribution in [3.8, 4) is 5.75 Å². The first kappa shape index (κ1) is 18.7. The number of aryl methyl sites for hydroxylation is 2. The number of rotatable bonds is 8. The number of Topliss-reactive ketones (excluding diaryl/α,β-unsaturated/α-hetero) is 1. The summed E-state index contributed by atoms with van der Waals surface area (Å²) in [5, 5.41) is 0.859. The van der Waals surface area contributed by atoms with Gasteiger partial charge in [0.1, 0.15) is 5.75 Å². The van der Waals surface area contributed by atoms with E-state index in [4.69, 9.17) is 9.47 Å². The summed E-state index contributed by atoms with van der Waals surface area (Å²) in [5.74, 6) is 0.0295. The fourth-order valence-electron chi connectivity index (χ4n) is 2.93. The molecule has 140 valence electrons. The Labute approximate surface area is 158 Å². The molecule has 0 aliphatic carbocycles. The van der Waals surface area contributed by atoms with E-state index in [2.05, 4.69) is 11.9 Å². The maximum atomic E-state index is 12.4. The minimum absolute atomic E-state index is 0.0923. The topological polar surface area (TPSA) is 68.4 Å². The molecule has 3 rings (SSSR count). The molecular weight excluding hydrogens is 342 g/mol. The lowest BCUT2D eigenvalue weighted by molar-refractivity contribution is -0.143. The minimum atomic E-state index is -0.454. The Morgan fingerprint density at radius 2 is 1.85 bits per heavy atom. The standard InChI is InChI=1S/C22H23NO4/c1-3-16-5-4-6-18-19(13-23-22(16)18)20(24)14-27-21(25)11-12-26-17-9-7-15(2)8-10-17/h4-10,13,23H,3,11-12,14H2,1-2H3. The number of carbonyl (C=O) groups excluding carboxylic acids is 2. The quantitative estimate of drug-likeness (QED) is 0.479. The molecule has 0 aliphatic heterocycles. The molecule has 5 nitrogen and oxygen atoms in total. The van der Waals surface area contributed by atoms with Crippen molar-refractivity contribution in [1.29, 1.82) is 0 Å². The molecule has 27 heavy (non-hydrogen) atoms. The van der Waals surface area contributed by atoms with Gasteiger partial charge >= 0.3 is 5.97 Å². The number of hydrogen-bond acceptors (Lipinski definition) is 4. The average molecular weight is 365 g/mol. The second-order valence-electron chi connectivity index (χ2n) is 6.39. The van der Waals surface area contributed by atoms with E-state index in [0.717, 1.165) is 28.5 Å². The van der Waals surface area contributed by atoms with E-state index in [1.165, 1.54) is 0 Å². The molecule has 0 saturated heterocycles. The molecule has 5 heteroatoms. The number of hydrogen-bond donors (Lipinski definition) is 1. The highest BCUT2D eigenvalue weighted by Gasteiger charge is 2.15. The highest BCUT2D eigenvalue weighted by molar-refractivity contribution is 6.09. The largest absolute Gasteiger partial charge is 0.493 e. The average Bonchev–Trinajstić information content (AvgIpc) is 3.12. The molecule has 0 amide bonds. The predicted molar refractivity (Wildman–Crippen MR) is 104 cm³/mol. The number of nitrogens with one attached hydrogen (secondary N) is 1. The van der Waals surface area contributed by atoms with E-state index in [-0.39, 0.29) is 25.4 Å². The summed E-state index contributed by atoms with van der Waals surface area (Å²) in [5.41, 5.74) is 3.80. The maximum absolute atomic E-state index is 12.4. The van der Waals surface area contributed by atoms with Crippen molar-refractivity contribution in [3.63, 3.8) is 0 Å². The van der Waals surface area contributed by atoms with Crippen molar-refractivity contribution in [2.45, 2.75) is 26.7 Å². The molecule has 1 aromatic heterocycles. The fourth-order valence-corrected chi connectivity index (χ4v) is 2.93. The first-order valence-corrected chi connectivity index (χ1v) is 9.05. The van der Waals surface area contributed by atoms with Crippen LogP contribution in [0.25, 0.3) is 10.9 Å². The lowest BCUT2D eigenvalue weighted by Crippen LogP contribution is -2.16. The predicted octanol–water partition coefficient (Wildman–Crippen LogP) is 4.23. The van der Waals surface area contributed by atoms with Gasteiger partial charge in [-0.15, -0.1) is 0 Å². The maximum Gasteiger partial charge on any atom is 0.309 e. The third-order valence-corrected chi connectivity index (χ3v) is 4.44.